The SMILES string of the molecule is O=C(NCCc1ccccc1F)c1cnc(N2CCC3(CC2)OCCO3)nc1. The van der Waals surface area contributed by atoms with E-state index in [1.807, 2.05) is 0 Å². The lowest BCUT2D eigenvalue weighted by Crippen LogP contribution is -2.45. The van der Waals surface area contributed by atoms with Crippen molar-refractivity contribution >= 4 is 11.9 Å². The van der Waals surface area contributed by atoms with Gasteiger partial charge in [0.15, 0.2) is 5.79 Å². The molecule has 2 saturated heterocycles. The predicted molar refractivity (Wildman–Crippen MR) is 101 cm³/mol. The number of anilines is 1. The highest BCUT2D eigenvalue weighted by Gasteiger charge is 2.40. The Bertz CT molecular complexity index is 814. The van der Waals surface area contributed by atoms with Crippen LogP contribution in [0.1, 0.15) is 28.8 Å². The smallest absolute Gasteiger partial charge is 0.254 e. The van der Waals surface area contributed by atoms with E-state index in [0.717, 1.165) is 25.9 Å². The van der Waals surface area contributed by atoms with Crippen LogP contribution in [0.4, 0.5) is 10.3 Å². The van der Waals surface area contributed by atoms with Gasteiger partial charge < -0.3 is 19.7 Å². The van der Waals surface area contributed by atoms with Crippen molar-refractivity contribution < 1.29 is 18.7 Å². The lowest BCUT2D eigenvalue weighted by molar-refractivity contribution is -0.169. The number of nitrogens with one attached hydrogen (secondary N) is 1. The highest BCUT2D eigenvalue weighted by Crippen LogP contribution is 2.32. The second-order valence-corrected chi connectivity index (χ2v) is 6.96. The fourth-order valence-corrected chi connectivity index (χ4v) is 3.55. The zero-order valence-corrected chi connectivity index (χ0v) is 15.6. The molecule has 0 radical (unpaired) electrons. The van der Waals surface area contributed by atoms with Crippen LogP contribution in [0.3, 0.4) is 0 Å². The number of halogens is 1. The molecule has 2 aromatic rings. The van der Waals surface area contributed by atoms with E-state index < -0.39 is 5.79 Å². The van der Waals surface area contributed by atoms with Gasteiger partial charge in [0.05, 0.1) is 18.8 Å². The van der Waals surface area contributed by atoms with Gasteiger partial charge in [-0.15, -0.1) is 0 Å². The van der Waals surface area contributed by atoms with E-state index in [1.54, 1.807) is 18.2 Å². The Balaban J connectivity index is 1.28. The number of hydrogen-bond acceptors (Lipinski definition) is 6. The van der Waals surface area contributed by atoms with E-state index in [0.29, 0.717) is 43.3 Å². The fraction of sp³-hybridized carbons (Fsp3) is 0.450. The minimum Gasteiger partial charge on any atom is -0.352 e. The molecule has 0 saturated carbocycles. The number of nitrogens with zero attached hydrogens (tertiary/aromatic N) is 3. The van der Waals surface area contributed by atoms with Gasteiger partial charge in [-0.05, 0) is 18.1 Å². The summed E-state index contributed by atoms with van der Waals surface area (Å²) >= 11 is 0. The van der Waals surface area contributed by atoms with E-state index in [2.05, 4.69) is 20.2 Å². The summed E-state index contributed by atoms with van der Waals surface area (Å²) in [6.07, 6.45) is 5.02. The van der Waals surface area contributed by atoms with Crippen LogP contribution in [0.25, 0.3) is 0 Å². The summed E-state index contributed by atoms with van der Waals surface area (Å²) in [6, 6.07) is 6.55. The number of amides is 1. The van der Waals surface area contributed by atoms with Crippen molar-refractivity contribution in [1.82, 2.24) is 15.3 Å². The van der Waals surface area contributed by atoms with Crippen molar-refractivity contribution in [3.05, 3.63) is 53.6 Å². The van der Waals surface area contributed by atoms with E-state index in [4.69, 9.17) is 9.47 Å². The quantitative estimate of drug-likeness (QED) is 0.846. The Morgan fingerprint density at radius 3 is 2.50 bits per heavy atom. The van der Waals surface area contributed by atoms with Crippen LogP contribution < -0.4 is 10.2 Å². The Morgan fingerprint density at radius 2 is 1.82 bits per heavy atom. The zero-order chi connectivity index (χ0) is 19.4. The maximum atomic E-state index is 13.6. The van der Waals surface area contributed by atoms with Gasteiger partial charge in [0.1, 0.15) is 5.82 Å². The monoisotopic (exact) mass is 386 g/mol. The molecular weight excluding hydrogens is 363 g/mol. The third-order valence-corrected chi connectivity index (χ3v) is 5.16. The van der Waals surface area contributed by atoms with Gasteiger partial charge in [0, 0.05) is 44.9 Å². The number of carbonyl (C=O) groups is 1. The third-order valence-electron chi connectivity index (χ3n) is 5.16. The number of ether oxygens (including phenoxy) is 2. The number of rotatable bonds is 5. The maximum absolute atomic E-state index is 13.6. The summed E-state index contributed by atoms with van der Waals surface area (Å²) < 4.78 is 25.1. The molecule has 0 aliphatic carbocycles. The lowest BCUT2D eigenvalue weighted by Gasteiger charge is -2.37. The van der Waals surface area contributed by atoms with E-state index in [9.17, 15) is 9.18 Å². The summed E-state index contributed by atoms with van der Waals surface area (Å²) in [5.74, 6) is -0.376. The fourth-order valence-electron chi connectivity index (χ4n) is 3.55. The first kappa shape index (κ1) is 18.8. The van der Waals surface area contributed by atoms with Crippen LogP contribution in [0.15, 0.2) is 36.7 Å². The van der Waals surface area contributed by atoms with Gasteiger partial charge in [-0.3, -0.25) is 4.79 Å². The number of hydrogen-bond donors (Lipinski definition) is 1. The van der Waals surface area contributed by atoms with Gasteiger partial charge in [-0.25, -0.2) is 14.4 Å². The summed E-state index contributed by atoms with van der Waals surface area (Å²) in [5, 5.41) is 2.77. The molecule has 8 heteroatoms. The number of piperidine rings is 1. The average molecular weight is 386 g/mol. The van der Waals surface area contributed by atoms with Crippen molar-refractivity contribution in [3.8, 4) is 0 Å². The van der Waals surface area contributed by atoms with E-state index >= 15 is 0 Å². The van der Waals surface area contributed by atoms with Crippen LogP contribution in [0.2, 0.25) is 0 Å². The molecular formula is C20H23FN4O3. The molecule has 2 fully saturated rings. The molecule has 148 valence electrons. The Kier molecular flexibility index (Phi) is 5.50. The predicted octanol–water partition coefficient (Wildman–Crippen LogP) is 1.93. The molecule has 1 amide bonds. The number of aromatic nitrogens is 2. The van der Waals surface area contributed by atoms with Crippen LogP contribution in [-0.4, -0.2) is 54.5 Å². The van der Waals surface area contributed by atoms with E-state index in [1.165, 1.54) is 18.5 Å². The van der Waals surface area contributed by atoms with Crippen molar-refractivity contribution in [2.45, 2.75) is 25.0 Å². The lowest BCUT2D eigenvalue weighted by atomic mass is 10.0. The normalized spacial score (nSPS) is 18.4. The molecule has 1 N–H and O–H groups in total. The maximum Gasteiger partial charge on any atom is 0.254 e. The largest absolute Gasteiger partial charge is 0.352 e. The Labute approximate surface area is 162 Å². The first-order chi connectivity index (χ1) is 13.7. The van der Waals surface area contributed by atoms with Gasteiger partial charge in [0.2, 0.25) is 5.95 Å². The first-order valence-corrected chi connectivity index (χ1v) is 9.52. The highest BCUT2D eigenvalue weighted by molar-refractivity contribution is 5.93. The van der Waals surface area contributed by atoms with Gasteiger partial charge in [-0.2, -0.15) is 0 Å². The minimum atomic E-state index is -0.436. The number of carbonyl (C=O) groups excluding carboxylic acids is 1. The van der Waals surface area contributed by atoms with Crippen molar-refractivity contribution in [2.24, 2.45) is 0 Å². The van der Waals surface area contributed by atoms with Crippen molar-refractivity contribution in [2.75, 3.05) is 37.7 Å². The topological polar surface area (TPSA) is 76.6 Å². The molecule has 4 rings (SSSR count). The van der Waals surface area contributed by atoms with Gasteiger partial charge >= 0.3 is 0 Å². The molecule has 3 heterocycles. The van der Waals surface area contributed by atoms with E-state index in [-0.39, 0.29) is 11.7 Å². The average Bonchev–Trinajstić information content (AvgIpc) is 3.18. The molecule has 0 atom stereocenters. The first-order valence-electron chi connectivity index (χ1n) is 9.52. The molecule has 0 unspecified atom stereocenters. The van der Waals surface area contributed by atoms with Gasteiger partial charge in [0.25, 0.3) is 5.91 Å². The standard InChI is InChI=1S/C20H23FN4O3/c21-17-4-2-1-3-15(17)5-8-22-18(26)16-13-23-19(24-14-16)25-9-6-20(7-10-25)27-11-12-28-20/h1-4,13-14H,5-12H2,(H,22,26). The second kappa shape index (κ2) is 8.20. The zero-order valence-electron chi connectivity index (χ0n) is 15.6. The molecule has 28 heavy (non-hydrogen) atoms. The third kappa shape index (κ3) is 4.13. The van der Waals surface area contributed by atoms with Crippen molar-refractivity contribution in [1.29, 1.82) is 0 Å². The Morgan fingerprint density at radius 1 is 1.14 bits per heavy atom. The molecule has 2 aliphatic heterocycles. The summed E-state index contributed by atoms with van der Waals surface area (Å²) in [5.41, 5.74) is 0.959. The molecule has 1 aromatic heterocycles. The summed E-state index contributed by atoms with van der Waals surface area (Å²) in [7, 11) is 0. The van der Waals surface area contributed by atoms with Crippen LogP contribution in [0, 0.1) is 5.82 Å². The van der Waals surface area contributed by atoms with Crippen LogP contribution in [0.5, 0.6) is 0 Å². The molecule has 1 spiro atoms. The molecule has 2 aliphatic rings. The van der Waals surface area contributed by atoms with Crippen LogP contribution in [-0.2, 0) is 15.9 Å². The van der Waals surface area contributed by atoms with Crippen LogP contribution >= 0.6 is 0 Å². The molecule has 7 nitrogen and oxygen atoms in total. The molecule has 1 aromatic carbocycles. The number of benzene rings is 1. The van der Waals surface area contributed by atoms with Gasteiger partial charge in [-0.1, -0.05) is 18.2 Å². The summed E-state index contributed by atoms with van der Waals surface area (Å²) in [4.78, 5) is 23.0. The second-order valence-electron chi connectivity index (χ2n) is 6.96. The highest BCUT2D eigenvalue weighted by atomic mass is 19.1. The Hall–Kier alpha value is -2.58. The van der Waals surface area contributed by atoms with Crippen molar-refractivity contribution in [3.63, 3.8) is 0 Å². The molecule has 0 bridgehead atoms. The summed E-state index contributed by atoms with van der Waals surface area (Å²) in [6.45, 7) is 3.13. The minimum absolute atomic E-state index is 0.263.